The molecule has 0 unspecified atom stereocenters. The third-order valence-electron chi connectivity index (χ3n) is 4.32. The summed E-state index contributed by atoms with van der Waals surface area (Å²) in [4.78, 5) is 4.47. The summed E-state index contributed by atoms with van der Waals surface area (Å²) in [5.74, 6) is 0. The first-order chi connectivity index (χ1) is 9.24. The Morgan fingerprint density at radius 2 is 2.21 bits per heavy atom. The predicted molar refractivity (Wildman–Crippen MR) is 75.1 cm³/mol. The van der Waals surface area contributed by atoms with Crippen molar-refractivity contribution >= 4 is 5.65 Å². The van der Waals surface area contributed by atoms with Crippen molar-refractivity contribution in [3.05, 3.63) is 35.8 Å². The number of nitrogens with one attached hydrogen (secondary N) is 1. The van der Waals surface area contributed by atoms with Gasteiger partial charge in [0.05, 0.1) is 18.5 Å². The summed E-state index contributed by atoms with van der Waals surface area (Å²) in [6.45, 7) is 3.06. The number of aliphatic hydroxyl groups excluding tert-OH is 1. The Balaban J connectivity index is 1.80. The second kappa shape index (κ2) is 4.94. The average Bonchev–Trinajstić information content (AvgIpc) is 3.04. The summed E-state index contributed by atoms with van der Waals surface area (Å²) in [5.41, 5.74) is 3.28. The van der Waals surface area contributed by atoms with Crippen LogP contribution in [0.1, 0.15) is 36.9 Å². The molecular weight excluding hydrogens is 238 g/mol. The number of rotatable bonds is 4. The quantitative estimate of drug-likeness (QED) is 0.883. The van der Waals surface area contributed by atoms with Gasteiger partial charge in [-0.25, -0.2) is 4.98 Å². The average molecular weight is 259 g/mol. The topological polar surface area (TPSA) is 49.6 Å². The molecule has 102 valence electrons. The minimum absolute atomic E-state index is 0.0754. The molecule has 2 aromatic rings. The molecule has 0 saturated heterocycles. The van der Waals surface area contributed by atoms with Gasteiger partial charge in [-0.2, -0.15) is 0 Å². The molecule has 4 nitrogen and oxygen atoms in total. The molecule has 2 N–H and O–H groups in total. The van der Waals surface area contributed by atoms with E-state index in [1.807, 2.05) is 18.5 Å². The Hall–Kier alpha value is -1.39. The predicted octanol–water partition coefficient (Wildman–Crippen LogP) is 2.04. The Morgan fingerprint density at radius 1 is 1.42 bits per heavy atom. The second-order valence-electron chi connectivity index (χ2n) is 5.63. The van der Waals surface area contributed by atoms with Gasteiger partial charge in [0.25, 0.3) is 0 Å². The molecule has 0 amide bonds. The van der Waals surface area contributed by atoms with Crippen LogP contribution in [0.2, 0.25) is 0 Å². The van der Waals surface area contributed by atoms with Crippen molar-refractivity contribution < 1.29 is 5.11 Å². The number of aryl methyl sites for hydroxylation is 1. The molecule has 0 radical (unpaired) electrons. The fraction of sp³-hybridized carbons (Fsp3) is 0.533. The van der Waals surface area contributed by atoms with Gasteiger partial charge < -0.3 is 14.8 Å². The van der Waals surface area contributed by atoms with Gasteiger partial charge in [0.15, 0.2) is 0 Å². The van der Waals surface area contributed by atoms with E-state index in [4.69, 9.17) is 0 Å². The van der Waals surface area contributed by atoms with E-state index < -0.39 is 0 Å². The normalized spacial score (nSPS) is 18.2. The first-order valence-electron chi connectivity index (χ1n) is 7.02. The van der Waals surface area contributed by atoms with Crippen LogP contribution in [-0.4, -0.2) is 26.6 Å². The van der Waals surface area contributed by atoms with Gasteiger partial charge in [-0.05, 0) is 31.4 Å². The number of fused-ring (bicyclic) bond motifs is 1. The highest BCUT2D eigenvalue weighted by molar-refractivity contribution is 5.48. The van der Waals surface area contributed by atoms with E-state index in [0.717, 1.165) is 30.7 Å². The van der Waals surface area contributed by atoms with Gasteiger partial charge in [-0.15, -0.1) is 0 Å². The van der Waals surface area contributed by atoms with Crippen molar-refractivity contribution in [2.24, 2.45) is 0 Å². The van der Waals surface area contributed by atoms with Gasteiger partial charge in [-0.1, -0.05) is 18.9 Å². The molecule has 0 atom stereocenters. The SMILES string of the molecule is Cc1cccn2c(CNC3(CO)CCCC3)cnc12. The van der Waals surface area contributed by atoms with Crippen LogP contribution in [0.15, 0.2) is 24.5 Å². The Kier molecular flexibility index (Phi) is 3.29. The first kappa shape index (κ1) is 12.6. The summed E-state index contributed by atoms with van der Waals surface area (Å²) < 4.78 is 2.13. The fourth-order valence-electron chi connectivity index (χ4n) is 3.05. The minimum Gasteiger partial charge on any atom is -0.394 e. The summed E-state index contributed by atoms with van der Waals surface area (Å²) in [6.07, 6.45) is 8.53. The van der Waals surface area contributed by atoms with Crippen molar-refractivity contribution in [1.82, 2.24) is 14.7 Å². The Bertz CT molecular complexity index is 570. The lowest BCUT2D eigenvalue weighted by atomic mass is 9.99. The zero-order chi connectivity index (χ0) is 13.3. The highest BCUT2D eigenvalue weighted by Gasteiger charge is 2.32. The maximum absolute atomic E-state index is 9.62. The minimum atomic E-state index is -0.0754. The highest BCUT2D eigenvalue weighted by atomic mass is 16.3. The molecule has 3 rings (SSSR count). The zero-order valence-corrected chi connectivity index (χ0v) is 11.4. The molecule has 2 heterocycles. The molecule has 0 aromatic carbocycles. The van der Waals surface area contributed by atoms with E-state index in [2.05, 4.69) is 27.7 Å². The van der Waals surface area contributed by atoms with Crippen molar-refractivity contribution in [2.45, 2.75) is 44.7 Å². The molecule has 19 heavy (non-hydrogen) atoms. The summed E-state index contributed by atoms with van der Waals surface area (Å²) in [5, 5.41) is 13.2. The van der Waals surface area contributed by atoms with Crippen molar-refractivity contribution in [3.8, 4) is 0 Å². The van der Waals surface area contributed by atoms with Gasteiger partial charge in [0.1, 0.15) is 5.65 Å². The lowest BCUT2D eigenvalue weighted by Gasteiger charge is -2.28. The van der Waals surface area contributed by atoms with Crippen LogP contribution in [0, 0.1) is 6.92 Å². The van der Waals surface area contributed by atoms with E-state index in [0.29, 0.717) is 0 Å². The third-order valence-corrected chi connectivity index (χ3v) is 4.32. The largest absolute Gasteiger partial charge is 0.394 e. The number of nitrogens with zero attached hydrogens (tertiary/aromatic N) is 2. The van der Waals surface area contributed by atoms with Gasteiger partial charge in [-0.3, -0.25) is 0 Å². The fourth-order valence-corrected chi connectivity index (χ4v) is 3.05. The molecule has 1 fully saturated rings. The van der Waals surface area contributed by atoms with Crippen LogP contribution in [0.25, 0.3) is 5.65 Å². The lowest BCUT2D eigenvalue weighted by molar-refractivity contribution is 0.162. The maximum Gasteiger partial charge on any atom is 0.139 e. The molecule has 1 aliphatic rings. The van der Waals surface area contributed by atoms with E-state index >= 15 is 0 Å². The van der Waals surface area contributed by atoms with E-state index in [-0.39, 0.29) is 12.1 Å². The number of aromatic nitrogens is 2. The van der Waals surface area contributed by atoms with Crippen molar-refractivity contribution in [1.29, 1.82) is 0 Å². The first-order valence-corrected chi connectivity index (χ1v) is 7.02. The van der Waals surface area contributed by atoms with E-state index in [1.165, 1.54) is 18.4 Å². The monoisotopic (exact) mass is 259 g/mol. The number of hydrogen-bond donors (Lipinski definition) is 2. The van der Waals surface area contributed by atoms with Crippen molar-refractivity contribution in [3.63, 3.8) is 0 Å². The Labute approximate surface area is 113 Å². The van der Waals surface area contributed by atoms with E-state index in [9.17, 15) is 5.11 Å². The van der Waals surface area contributed by atoms with E-state index in [1.54, 1.807) is 0 Å². The highest BCUT2D eigenvalue weighted by Crippen LogP contribution is 2.29. The molecule has 4 heteroatoms. The Morgan fingerprint density at radius 3 is 2.95 bits per heavy atom. The smallest absolute Gasteiger partial charge is 0.139 e. The molecule has 0 bridgehead atoms. The number of imidazole rings is 1. The molecule has 0 spiro atoms. The van der Waals surface area contributed by atoms with Crippen LogP contribution >= 0.6 is 0 Å². The standard InChI is InChI=1S/C15H21N3O/c1-12-5-4-8-18-13(9-16-14(12)18)10-17-15(11-19)6-2-3-7-15/h4-5,8-9,17,19H,2-3,6-7,10-11H2,1H3. The van der Waals surface area contributed by atoms with Crippen LogP contribution in [0.3, 0.4) is 0 Å². The summed E-state index contributed by atoms with van der Waals surface area (Å²) in [6, 6.07) is 4.12. The molecule has 1 aliphatic carbocycles. The molecule has 1 saturated carbocycles. The zero-order valence-electron chi connectivity index (χ0n) is 11.4. The third kappa shape index (κ3) is 2.26. The van der Waals surface area contributed by atoms with Gasteiger partial charge >= 0.3 is 0 Å². The lowest BCUT2D eigenvalue weighted by Crippen LogP contribution is -2.45. The second-order valence-corrected chi connectivity index (χ2v) is 5.63. The van der Waals surface area contributed by atoms with Crippen LogP contribution in [0.4, 0.5) is 0 Å². The maximum atomic E-state index is 9.62. The van der Waals surface area contributed by atoms with Crippen LogP contribution < -0.4 is 5.32 Å². The van der Waals surface area contributed by atoms with Crippen LogP contribution in [-0.2, 0) is 6.54 Å². The number of aliphatic hydroxyl groups is 1. The molecular formula is C15H21N3O. The summed E-state index contributed by atoms with van der Waals surface area (Å²) >= 11 is 0. The number of pyridine rings is 1. The number of hydrogen-bond acceptors (Lipinski definition) is 3. The molecule has 2 aromatic heterocycles. The molecule has 0 aliphatic heterocycles. The van der Waals surface area contributed by atoms with Gasteiger partial charge in [0, 0.05) is 18.3 Å². The van der Waals surface area contributed by atoms with Gasteiger partial charge in [0.2, 0.25) is 0 Å². The van der Waals surface area contributed by atoms with Crippen molar-refractivity contribution in [2.75, 3.05) is 6.61 Å². The summed E-state index contributed by atoms with van der Waals surface area (Å²) in [7, 11) is 0. The van der Waals surface area contributed by atoms with Crippen LogP contribution in [0.5, 0.6) is 0 Å².